The smallest absolute Gasteiger partial charge is 0.230 e. The number of ether oxygens (including phenoxy) is 1. The van der Waals surface area contributed by atoms with Gasteiger partial charge in [0.2, 0.25) is 5.91 Å². The number of pyridine rings is 1. The summed E-state index contributed by atoms with van der Waals surface area (Å²) < 4.78 is 5.10. The molecular formula is C16H15ClN4O2S. The Morgan fingerprint density at radius 2 is 2.17 bits per heavy atom. The van der Waals surface area contributed by atoms with E-state index < -0.39 is 0 Å². The highest BCUT2D eigenvalue weighted by atomic mass is 35.5. The Kier molecular flexibility index (Phi) is 5.22. The minimum Gasteiger partial charge on any atom is -0.497 e. The number of carbonyl (C=O) groups excluding carboxylic acids is 1. The molecule has 0 saturated heterocycles. The molecule has 2 heterocycles. The van der Waals surface area contributed by atoms with Crippen LogP contribution < -0.4 is 10.1 Å². The Labute approximate surface area is 148 Å². The summed E-state index contributed by atoms with van der Waals surface area (Å²) in [6.07, 6.45) is 1.54. The van der Waals surface area contributed by atoms with Crippen molar-refractivity contribution in [1.82, 2.24) is 20.3 Å². The van der Waals surface area contributed by atoms with Crippen LogP contribution in [0, 0.1) is 0 Å². The number of benzene rings is 1. The number of halogens is 1. The highest BCUT2D eigenvalue weighted by Crippen LogP contribution is 2.20. The van der Waals surface area contributed by atoms with E-state index in [1.165, 1.54) is 11.8 Å². The van der Waals surface area contributed by atoms with Crippen molar-refractivity contribution >= 4 is 40.4 Å². The maximum atomic E-state index is 11.9. The summed E-state index contributed by atoms with van der Waals surface area (Å²) in [5.74, 6) is 0.991. The fourth-order valence-electron chi connectivity index (χ4n) is 2.05. The average molecular weight is 363 g/mol. The van der Waals surface area contributed by atoms with E-state index in [0.717, 1.165) is 16.8 Å². The molecule has 1 aromatic carbocycles. The van der Waals surface area contributed by atoms with E-state index in [2.05, 4.69) is 20.3 Å². The molecule has 6 nitrogen and oxygen atoms in total. The average Bonchev–Trinajstić information content (AvgIpc) is 3.00. The van der Waals surface area contributed by atoms with Crippen LogP contribution in [0.2, 0.25) is 5.02 Å². The van der Waals surface area contributed by atoms with Gasteiger partial charge in [0.1, 0.15) is 5.75 Å². The maximum Gasteiger partial charge on any atom is 0.230 e. The third-order valence-electron chi connectivity index (χ3n) is 3.27. The third-order valence-corrected chi connectivity index (χ3v) is 4.35. The van der Waals surface area contributed by atoms with Gasteiger partial charge in [-0.3, -0.25) is 4.79 Å². The minimum absolute atomic E-state index is 0.0673. The van der Waals surface area contributed by atoms with Crippen LogP contribution in [0.25, 0.3) is 11.2 Å². The van der Waals surface area contributed by atoms with Crippen LogP contribution in [0.3, 0.4) is 0 Å². The second-order valence-electron chi connectivity index (χ2n) is 4.98. The Bertz CT molecular complexity index is 851. The van der Waals surface area contributed by atoms with Gasteiger partial charge in [0.15, 0.2) is 10.8 Å². The van der Waals surface area contributed by atoms with Gasteiger partial charge < -0.3 is 15.0 Å². The predicted molar refractivity (Wildman–Crippen MR) is 94.5 cm³/mol. The molecule has 0 aliphatic carbocycles. The van der Waals surface area contributed by atoms with E-state index in [-0.39, 0.29) is 11.7 Å². The van der Waals surface area contributed by atoms with E-state index in [9.17, 15) is 4.79 Å². The molecule has 0 spiro atoms. The topological polar surface area (TPSA) is 79.9 Å². The molecule has 0 unspecified atom stereocenters. The van der Waals surface area contributed by atoms with Crippen LogP contribution in [0.1, 0.15) is 5.56 Å². The van der Waals surface area contributed by atoms with Crippen molar-refractivity contribution < 1.29 is 9.53 Å². The second-order valence-corrected chi connectivity index (χ2v) is 6.38. The Hall–Kier alpha value is -2.25. The number of fused-ring (bicyclic) bond motifs is 1. The van der Waals surface area contributed by atoms with E-state index in [1.807, 2.05) is 24.3 Å². The van der Waals surface area contributed by atoms with Crippen LogP contribution in [-0.2, 0) is 11.3 Å². The molecule has 3 aromatic rings. The zero-order chi connectivity index (χ0) is 16.9. The molecule has 0 saturated carbocycles. The summed E-state index contributed by atoms with van der Waals surface area (Å²) in [7, 11) is 1.62. The number of carbonyl (C=O) groups is 1. The number of methoxy groups -OCH3 is 1. The number of aromatic amines is 1. The summed E-state index contributed by atoms with van der Waals surface area (Å²) in [4.78, 5) is 23.5. The zero-order valence-corrected chi connectivity index (χ0v) is 14.4. The lowest BCUT2D eigenvalue weighted by Gasteiger charge is -2.05. The molecule has 3 rings (SSSR count). The van der Waals surface area contributed by atoms with Crippen molar-refractivity contribution in [3.8, 4) is 5.75 Å². The lowest BCUT2D eigenvalue weighted by Crippen LogP contribution is -2.24. The molecule has 8 heteroatoms. The van der Waals surface area contributed by atoms with Crippen molar-refractivity contribution in [3.05, 3.63) is 47.1 Å². The number of thioether (sulfide) groups is 1. The summed E-state index contributed by atoms with van der Waals surface area (Å²) in [5.41, 5.74) is 2.35. The molecule has 0 bridgehead atoms. The third kappa shape index (κ3) is 4.18. The highest BCUT2D eigenvalue weighted by molar-refractivity contribution is 7.99. The van der Waals surface area contributed by atoms with Crippen LogP contribution >= 0.6 is 23.4 Å². The second kappa shape index (κ2) is 7.55. The molecule has 1 amide bonds. The normalized spacial score (nSPS) is 10.8. The molecule has 2 N–H and O–H groups in total. The number of hydrogen-bond acceptors (Lipinski definition) is 5. The van der Waals surface area contributed by atoms with Gasteiger partial charge in [0, 0.05) is 12.7 Å². The van der Waals surface area contributed by atoms with Crippen molar-refractivity contribution in [2.75, 3.05) is 12.9 Å². The first-order valence-corrected chi connectivity index (χ1v) is 8.54. The number of H-pyrrole nitrogens is 1. The van der Waals surface area contributed by atoms with Crippen molar-refractivity contribution in [2.45, 2.75) is 11.7 Å². The van der Waals surface area contributed by atoms with Gasteiger partial charge in [-0.15, -0.1) is 0 Å². The van der Waals surface area contributed by atoms with Gasteiger partial charge in [-0.2, -0.15) is 0 Å². The number of amides is 1. The standard InChI is InChI=1S/C16H15ClN4O2S/c1-23-12-4-2-10(3-5-12)7-18-14(22)9-24-16-20-13-6-11(17)8-19-15(13)21-16/h2-6,8H,7,9H2,1H3,(H,18,22)(H,19,20,21). The van der Waals surface area contributed by atoms with Gasteiger partial charge in [-0.25, -0.2) is 9.97 Å². The molecule has 2 aromatic heterocycles. The van der Waals surface area contributed by atoms with E-state index in [1.54, 1.807) is 19.4 Å². The lowest BCUT2D eigenvalue weighted by molar-refractivity contribution is -0.118. The van der Waals surface area contributed by atoms with Crippen molar-refractivity contribution in [3.63, 3.8) is 0 Å². The number of aromatic nitrogens is 3. The first-order chi connectivity index (χ1) is 11.6. The monoisotopic (exact) mass is 362 g/mol. The zero-order valence-electron chi connectivity index (χ0n) is 12.9. The summed E-state index contributed by atoms with van der Waals surface area (Å²) in [5, 5.41) is 4.05. The predicted octanol–water partition coefficient (Wildman–Crippen LogP) is 3.03. The molecule has 0 fully saturated rings. The van der Waals surface area contributed by atoms with Gasteiger partial charge in [0.25, 0.3) is 0 Å². The molecule has 0 aliphatic heterocycles. The first kappa shape index (κ1) is 16.6. The van der Waals surface area contributed by atoms with Crippen LogP contribution in [0.5, 0.6) is 5.75 Å². The molecule has 0 radical (unpaired) electrons. The van der Waals surface area contributed by atoms with E-state index in [0.29, 0.717) is 22.4 Å². The molecule has 124 valence electrons. The Morgan fingerprint density at radius 1 is 1.38 bits per heavy atom. The van der Waals surface area contributed by atoms with Crippen molar-refractivity contribution in [2.24, 2.45) is 0 Å². The quantitative estimate of drug-likeness (QED) is 0.659. The summed E-state index contributed by atoms with van der Waals surface area (Å²) in [6.45, 7) is 0.473. The van der Waals surface area contributed by atoms with Gasteiger partial charge in [0.05, 0.1) is 23.4 Å². The van der Waals surface area contributed by atoms with Gasteiger partial charge >= 0.3 is 0 Å². The maximum absolute atomic E-state index is 11.9. The SMILES string of the molecule is COc1ccc(CNC(=O)CSc2nc3ncc(Cl)cc3[nH]2)cc1. The summed E-state index contributed by atoms with van der Waals surface area (Å²) >= 11 is 7.20. The summed E-state index contributed by atoms with van der Waals surface area (Å²) in [6, 6.07) is 9.32. The molecule has 24 heavy (non-hydrogen) atoms. The van der Waals surface area contributed by atoms with Crippen molar-refractivity contribution in [1.29, 1.82) is 0 Å². The largest absolute Gasteiger partial charge is 0.497 e. The first-order valence-electron chi connectivity index (χ1n) is 7.18. The number of hydrogen-bond donors (Lipinski definition) is 2. The highest BCUT2D eigenvalue weighted by Gasteiger charge is 2.08. The van der Waals surface area contributed by atoms with Crippen LogP contribution in [0.15, 0.2) is 41.7 Å². The van der Waals surface area contributed by atoms with Gasteiger partial charge in [-0.05, 0) is 23.8 Å². The minimum atomic E-state index is -0.0673. The Balaban J connectivity index is 1.50. The fraction of sp³-hybridized carbons (Fsp3) is 0.188. The van der Waals surface area contributed by atoms with E-state index >= 15 is 0 Å². The fourth-order valence-corrected chi connectivity index (χ4v) is 2.91. The number of rotatable bonds is 6. The number of imidazole rings is 1. The molecule has 0 aliphatic rings. The van der Waals surface area contributed by atoms with E-state index in [4.69, 9.17) is 16.3 Å². The molecular weight excluding hydrogens is 348 g/mol. The van der Waals surface area contributed by atoms with Crippen LogP contribution in [0.4, 0.5) is 0 Å². The number of nitrogens with zero attached hydrogens (tertiary/aromatic N) is 2. The Morgan fingerprint density at radius 3 is 2.92 bits per heavy atom. The molecule has 0 atom stereocenters. The lowest BCUT2D eigenvalue weighted by atomic mass is 10.2. The van der Waals surface area contributed by atoms with Crippen LogP contribution in [-0.4, -0.2) is 33.7 Å². The number of nitrogens with one attached hydrogen (secondary N) is 2. The van der Waals surface area contributed by atoms with Gasteiger partial charge in [-0.1, -0.05) is 35.5 Å².